The molecule has 28 heavy (non-hydrogen) atoms. The molecule has 0 amide bonds. The fourth-order valence-corrected chi connectivity index (χ4v) is 3.43. The predicted octanol–water partition coefficient (Wildman–Crippen LogP) is 5.36. The van der Waals surface area contributed by atoms with Crippen molar-refractivity contribution in [3.63, 3.8) is 0 Å². The molecule has 0 saturated heterocycles. The van der Waals surface area contributed by atoms with Crippen LogP contribution < -0.4 is 0 Å². The summed E-state index contributed by atoms with van der Waals surface area (Å²) in [4.78, 5) is 12.1. The first-order chi connectivity index (χ1) is 13.8. The summed E-state index contributed by atoms with van der Waals surface area (Å²) in [7, 11) is 0. The third-order valence-corrected chi connectivity index (χ3v) is 4.88. The van der Waals surface area contributed by atoms with Crippen LogP contribution in [0.3, 0.4) is 0 Å². The van der Waals surface area contributed by atoms with E-state index in [1.54, 1.807) is 17.4 Å². The van der Waals surface area contributed by atoms with Crippen molar-refractivity contribution in [1.82, 2.24) is 9.78 Å². The lowest BCUT2D eigenvalue weighted by molar-refractivity contribution is -0.138. The molecule has 0 N–H and O–H groups in total. The van der Waals surface area contributed by atoms with E-state index in [9.17, 15) is 4.79 Å². The summed E-state index contributed by atoms with van der Waals surface area (Å²) in [5, 5.41) is 8.66. The molecular weight excluding hydrogens is 368 g/mol. The van der Waals surface area contributed by atoms with Gasteiger partial charge in [-0.3, -0.25) is 0 Å². The Morgan fingerprint density at radius 3 is 2.50 bits per heavy atom. The molecule has 0 radical (unpaired) electrons. The first kappa shape index (κ1) is 17.9. The number of benzene rings is 2. The maximum Gasteiger partial charge on any atom is 0.331 e. The van der Waals surface area contributed by atoms with Gasteiger partial charge in [0.25, 0.3) is 0 Å². The lowest BCUT2D eigenvalue weighted by Crippen LogP contribution is -2.01. The number of nitrogens with zero attached hydrogens (tertiary/aromatic N) is 2. The van der Waals surface area contributed by atoms with E-state index in [1.807, 2.05) is 88.4 Å². The third kappa shape index (κ3) is 4.27. The van der Waals surface area contributed by atoms with Gasteiger partial charge in [0, 0.05) is 23.4 Å². The zero-order valence-electron chi connectivity index (χ0n) is 15.1. The summed E-state index contributed by atoms with van der Waals surface area (Å²) < 4.78 is 7.27. The van der Waals surface area contributed by atoms with Crippen LogP contribution in [0.15, 0.2) is 89.8 Å². The number of esters is 1. The molecule has 4 nitrogen and oxygen atoms in total. The molecule has 0 aliphatic carbocycles. The first-order valence-corrected chi connectivity index (χ1v) is 9.80. The van der Waals surface area contributed by atoms with Crippen molar-refractivity contribution < 1.29 is 9.53 Å². The van der Waals surface area contributed by atoms with Gasteiger partial charge in [0.1, 0.15) is 6.61 Å². The molecule has 0 unspecified atom stereocenters. The number of aromatic nitrogens is 2. The summed E-state index contributed by atoms with van der Waals surface area (Å²) in [6, 6.07) is 21.7. The predicted molar refractivity (Wildman–Crippen MR) is 112 cm³/mol. The smallest absolute Gasteiger partial charge is 0.331 e. The number of carbonyl (C=O) groups is 1. The van der Waals surface area contributed by atoms with Crippen molar-refractivity contribution in [2.24, 2.45) is 0 Å². The fraction of sp³-hybridized carbons (Fsp3) is 0.0435. The monoisotopic (exact) mass is 386 g/mol. The first-order valence-electron chi connectivity index (χ1n) is 8.86. The van der Waals surface area contributed by atoms with Gasteiger partial charge in [-0.25, -0.2) is 9.48 Å². The molecule has 0 bridgehead atoms. The van der Waals surface area contributed by atoms with Gasteiger partial charge >= 0.3 is 5.97 Å². The molecule has 138 valence electrons. The van der Waals surface area contributed by atoms with Crippen molar-refractivity contribution >= 4 is 23.4 Å². The van der Waals surface area contributed by atoms with Crippen molar-refractivity contribution in [3.8, 4) is 16.9 Å². The molecule has 5 heteroatoms. The summed E-state index contributed by atoms with van der Waals surface area (Å²) in [6.07, 6.45) is 5.11. The van der Waals surface area contributed by atoms with Gasteiger partial charge in [-0.05, 0) is 40.6 Å². The van der Waals surface area contributed by atoms with Crippen molar-refractivity contribution in [3.05, 3.63) is 101 Å². The molecule has 0 aliphatic rings. The standard InChI is InChI=1S/C23H18N2O2S/c26-22(12-11-18-13-14-28-17-18)27-16-20-15-25(21-9-5-2-6-10-21)24-23(20)19-7-3-1-4-8-19/h1-15,17H,16H2/b12-11+. The van der Waals surface area contributed by atoms with E-state index in [4.69, 9.17) is 9.84 Å². The Balaban J connectivity index is 1.56. The van der Waals surface area contributed by atoms with Gasteiger partial charge in [0.2, 0.25) is 0 Å². The molecular formula is C23H18N2O2S. The van der Waals surface area contributed by atoms with Crippen molar-refractivity contribution in [2.75, 3.05) is 0 Å². The lowest BCUT2D eigenvalue weighted by Gasteiger charge is -2.03. The highest BCUT2D eigenvalue weighted by molar-refractivity contribution is 7.08. The molecule has 0 aliphatic heterocycles. The summed E-state index contributed by atoms with van der Waals surface area (Å²) in [5.41, 5.74) is 4.59. The van der Waals surface area contributed by atoms with E-state index in [-0.39, 0.29) is 12.6 Å². The lowest BCUT2D eigenvalue weighted by atomic mass is 10.1. The molecule has 4 rings (SSSR count). The summed E-state index contributed by atoms with van der Waals surface area (Å²) in [5.74, 6) is -0.377. The van der Waals surface area contributed by atoms with Gasteiger partial charge < -0.3 is 4.74 Å². The Kier molecular flexibility index (Phi) is 5.45. The van der Waals surface area contributed by atoms with Crippen LogP contribution in [0, 0.1) is 0 Å². The number of hydrogen-bond donors (Lipinski definition) is 0. The van der Waals surface area contributed by atoms with Crippen molar-refractivity contribution in [2.45, 2.75) is 6.61 Å². The van der Waals surface area contributed by atoms with Gasteiger partial charge in [0.05, 0.1) is 11.4 Å². The second-order valence-corrected chi connectivity index (χ2v) is 6.93. The highest BCUT2D eigenvalue weighted by Gasteiger charge is 2.13. The van der Waals surface area contributed by atoms with Gasteiger partial charge in [-0.15, -0.1) is 0 Å². The van der Waals surface area contributed by atoms with Crippen LogP contribution in [0.25, 0.3) is 23.0 Å². The number of hydrogen-bond acceptors (Lipinski definition) is 4. The van der Waals surface area contributed by atoms with Gasteiger partial charge in [-0.1, -0.05) is 48.5 Å². The van der Waals surface area contributed by atoms with Gasteiger partial charge in [-0.2, -0.15) is 16.4 Å². The Labute approximate surface area is 167 Å². The van der Waals surface area contributed by atoms with E-state index >= 15 is 0 Å². The van der Waals surface area contributed by atoms with Crippen LogP contribution in [-0.2, 0) is 16.1 Å². The highest BCUT2D eigenvalue weighted by Crippen LogP contribution is 2.24. The zero-order chi connectivity index (χ0) is 19.2. The Hall–Kier alpha value is -3.44. The second kappa shape index (κ2) is 8.50. The number of carbonyl (C=O) groups excluding carboxylic acids is 1. The Bertz CT molecular complexity index is 1070. The van der Waals surface area contributed by atoms with Crippen molar-refractivity contribution in [1.29, 1.82) is 0 Å². The van der Waals surface area contributed by atoms with E-state index < -0.39 is 0 Å². The van der Waals surface area contributed by atoms with E-state index in [2.05, 4.69) is 0 Å². The molecule has 0 spiro atoms. The average molecular weight is 386 g/mol. The fourth-order valence-electron chi connectivity index (χ4n) is 2.80. The van der Waals surface area contributed by atoms with Crippen LogP contribution in [0.4, 0.5) is 0 Å². The van der Waals surface area contributed by atoms with E-state index in [0.29, 0.717) is 0 Å². The highest BCUT2D eigenvalue weighted by atomic mass is 32.1. The number of thiophene rings is 1. The molecule has 0 atom stereocenters. The van der Waals surface area contributed by atoms with Crippen LogP contribution in [-0.4, -0.2) is 15.7 Å². The van der Waals surface area contributed by atoms with Crippen LogP contribution in [0.5, 0.6) is 0 Å². The van der Waals surface area contributed by atoms with Crippen LogP contribution in [0.1, 0.15) is 11.1 Å². The summed E-state index contributed by atoms with van der Waals surface area (Å²) >= 11 is 1.59. The molecule has 4 aromatic rings. The average Bonchev–Trinajstić information content (AvgIpc) is 3.42. The summed E-state index contributed by atoms with van der Waals surface area (Å²) in [6.45, 7) is 0.157. The minimum Gasteiger partial charge on any atom is -0.458 e. The Morgan fingerprint density at radius 1 is 1.04 bits per heavy atom. The maximum absolute atomic E-state index is 12.1. The Morgan fingerprint density at radius 2 is 1.79 bits per heavy atom. The normalized spacial score (nSPS) is 11.0. The van der Waals surface area contributed by atoms with E-state index in [0.717, 1.165) is 28.1 Å². The minimum atomic E-state index is -0.377. The van der Waals surface area contributed by atoms with E-state index in [1.165, 1.54) is 6.08 Å². The second-order valence-electron chi connectivity index (χ2n) is 6.15. The SMILES string of the molecule is O=C(/C=C/c1ccsc1)OCc1cn(-c2ccccc2)nc1-c1ccccc1. The molecule has 2 aromatic heterocycles. The van der Waals surface area contributed by atoms with Gasteiger partial charge in [0.15, 0.2) is 0 Å². The number of ether oxygens (including phenoxy) is 1. The molecule has 0 saturated carbocycles. The largest absolute Gasteiger partial charge is 0.458 e. The molecule has 2 aromatic carbocycles. The quantitative estimate of drug-likeness (QED) is 0.331. The molecule has 2 heterocycles. The minimum absolute atomic E-state index is 0.157. The van der Waals surface area contributed by atoms with Crippen LogP contribution >= 0.6 is 11.3 Å². The third-order valence-electron chi connectivity index (χ3n) is 4.18. The topological polar surface area (TPSA) is 44.1 Å². The maximum atomic E-state index is 12.1. The number of rotatable bonds is 6. The van der Waals surface area contributed by atoms with Crippen LogP contribution in [0.2, 0.25) is 0 Å². The zero-order valence-corrected chi connectivity index (χ0v) is 15.9. The number of para-hydroxylation sites is 1. The molecule has 0 fully saturated rings.